The van der Waals surface area contributed by atoms with Crippen LogP contribution >= 0.6 is 0 Å². The summed E-state index contributed by atoms with van der Waals surface area (Å²) in [5, 5.41) is 43.8. The van der Waals surface area contributed by atoms with Crippen molar-refractivity contribution in [1.29, 1.82) is 0 Å². The van der Waals surface area contributed by atoms with Gasteiger partial charge in [-0.3, -0.25) is 16.0 Å². The van der Waals surface area contributed by atoms with E-state index in [4.69, 9.17) is 10.5 Å². The Kier molecular flexibility index (Phi) is 2.59. The van der Waals surface area contributed by atoms with E-state index in [2.05, 4.69) is 10.3 Å². The molecule has 3 rings (SSSR count). The van der Waals surface area contributed by atoms with Crippen LogP contribution in [-0.4, -0.2) is 68.0 Å². The summed E-state index contributed by atoms with van der Waals surface area (Å²) in [6.07, 6.45) is -5.54. The third-order valence-corrected chi connectivity index (χ3v) is 4.59. The molecule has 0 aromatic rings. The lowest BCUT2D eigenvalue weighted by atomic mass is 9.59. The molecule has 9 nitrogen and oxygen atoms in total. The van der Waals surface area contributed by atoms with Gasteiger partial charge in [0, 0.05) is 0 Å². The van der Waals surface area contributed by atoms with E-state index in [1.165, 1.54) is 6.92 Å². The van der Waals surface area contributed by atoms with Crippen LogP contribution in [0.25, 0.3) is 0 Å². The number of guanidine groups is 1. The van der Waals surface area contributed by atoms with Gasteiger partial charge in [0.05, 0.1) is 5.92 Å². The molecule has 2 bridgehead atoms. The van der Waals surface area contributed by atoms with E-state index in [-0.39, 0.29) is 12.4 Å². The number of rotatable bonds is 0. The molecule has 9 heteroatoms. The Bertz CT molecular complexity index is 495. The Labute approximate surface area is 114 Å². The molecule has 1 saturated carbocycles. The Balaban J connectivity index is 2.16. The predicted molar refractivity (Wildman–Crippen MR) is 62.7 cm³/mol. The summed E-state index contributed by atoms with van der Waals surface area (Å²) >= 11 is 0. The van der Waals surface area contributed by atoms with E-state index in [9.17, 15) is 25.2 Å². The van der Waals surface area contributed by atoms with Gasteiger partial charge in [0.1, 0.15) is 11.7 Å². The first-order chi connectivity index (χ1) is 9.20. The maximum absolute atomic E-state index is 11.8. The van der Waals surface area contributed by atoms with Gasteiger partial charge < -0.3 is 25.2 Å². The zero-order valence-corrected chi connectivity index (χ0v) is 10.8. The number of ether oxygens (including phenoxy) is 1. The highest BCUT2D eigenvalue weighted by molar-refractivity contribution is 5.82. The van der Waals surface area contributed by atoms with Crippen molar-refractivity contribution in [3.05, 3.63) is 0 Å². The van der Waals surface area contributed by atoms with Gasteiger partial charge in [0.2, 0.25) is 0 Å². The lowest BCUT2D eigenvalue weighted by Crippen LogP contribution is -2.98. The maximum atomic E-state index is 11.8. The molecule has 2 heterocycles. The van der Waals surface area contributed by atoms with Crippen LogP contribution in [-0.2, 0) is 9.53 Å². The minimum Gasteiger partial charge on any atom is -0.454 e. The van der Waals surface area contributed by atoms with Gasteiger partial charge >= 0.3 is 11.9 Å². The van der Waals surface area contributed by atoms with Crippen LogP contribution in [0, 0.1) is 5.92 Å². The molecule has 1 saturated heterocycles. The van der Waals surface area contributed by atoms with Crippen LogP contribution in [0.2, 0.25) is 0 Å². The van der Waals surface area contributed by atoms with Gasteiger partial charge in [-0.1, -0.05) is 0 Å². The van der Waals surface area contributed by atoms with Crippen molar-refractivity contribution in [2.75, 3.05) is 0 Å². The highest BCUT2D eigenvalue weighted by Crippen LogP contribution is 2.47. The van der Waals surface area contributed by atoms with E-state index in [0.29, 0.717) is 0 Å². The average molecular weight is 288 g/mol. The molecule has 1 unspecified atom stereocenters. The minimum atomic E-state index is -1.70. The third-order valence-electron chi connectivity index (χ3n) is 4.59. The predicted octanol–water partition coefficient (Wildman–Crippen LogP) is -5.54. The molecule has 1 aliphatic carbocycles. The van der Waals surface area contributed by atoms with Crippen LogP contribution < -0.4 is 16.0 Å². The van der Waals surface area contributed by atoms with E-state index in [1.807, 2.05) is 0 Å². The van der Waals surface area contributed by atoms with Crippen molar-refractivity contribution in [2.24, 2.45) is 11.7 Å². The van der Waals surface area contributed by atoms with Gasteiger partial charge in [0.15, 0.2) is 24.0 Å². The summed E-state index contributed by atoms with van der Waals surface area (Å²) in [7, 11) is 0. The summed E-state index contributed by atoms with van der Waals surface area (Å²) < 4.78 is 4.93. The van der Waals surface area contributed by atoms with Crippen molar-refractivity contribution in [3.63, 3.8) is 0 Å². The first-order valence-electron chi connectivity index (χ1n) is 6.34. The molecule has 0 amide bonds. The molecule has 7 atom stereocenters. The Hall–Kier alpha value is -1.42. The smallest absolute Gasteiger partial charge is 0.343 e. The molecule has 0 aromatic carbocycles. The highest BCUT2D eigenvalue weighted by atomic mass is 16.6. The fraction of sp³-hybridized carbons (Fsp3) is 0.818. The van der Waals surface area contributed by atoms with Gasteiger partial charge in [-0.15, -0.1) is 0 Å². The molecule has 0 aromatic heterocycles. The average Bonchev–Trinajstić information content (AvgIpc) is 2.33. The molecule has 1 spiro atoms. The summed E-state index contributed by atoms with van der Waals surface area (Å²) in [5.41, 5.74) is 2.48. The van der Waals surface area contributed by atoms with Crippen molar-refractivity contribution < 1.29 is 34.9 Å². The molecule has 3 aliphatic rings. The molecule has 0 radical (unpaired) electrons. The number of esters is 1. The maximum Gasteiger partial charge on any atom is 0.343 e. The summed E-state index contributed by atoms with van der Waals surface area (Å²) in [5.74, 6) is -1.87. The van der Waals surface area contributed by atoms with Gasteiger partial charge in [-0.25, -0.2) is 4.79 Å². The number of carbonyl (C=O) groups excluding carboxylic acids is 1. The number of nitrogens with two attached hydrogens (primary N) is 1. The number of fused-ring (bicyclic) bond motifs is 1. The molecule has 2 aliphatic heterocycles. The van der Waals surface area contributed by atoms with Gasteiger partial charge in [0.25, 0.3) is 0 Å². The Morgan fingerprint density at radius 2 is 2.10 bits per heavy atom. The largest absolute Gasteiger partial charge is 0.454 e. The minimum absolute atomic E-state index is 0.00745. The zero-order valence-electron chi connectivity index (χ0n) is 10.8. The topological polar surface area (TPSA) is 159 Å². The summed E-state index contributed by atoms with van der Waals surface area (Å²) in [6, 6.07) is 0. The fourth-order valence-electron chi connectivity index (χ4n) is 3.62. The van der Waals surface area contributed by atoms with Crippen molar-refractivity contribution >= 4 is 11.9 Å². The Morgan fingerprint density at radius 1 is 1.45 bits per heavy atom. The standard InChI is InChI=1S/C11H17N3O6/c1-10(19)2-3-7(17)13-9(12)14-11(3)4(15)6(10)20-8(18)5(11)16/h3-7,15-17,19H,2H2,1H3,(H3,12,13,14)/p+1/t3-,4?,5-,6+,7+,10+,11-/m1/s1. The SMILES string of the molecule is C[C@]1(O)C[C@@H]2[C@H](O)[NH+]=C(N)N[C@@]23C(O)[C@@H]1OC(=O)[C@H]3O. The van der Waals surface area contributed by atoms with Crippen LogP contribution in [0.1, 0.15) is 13.3 Å². The van der Waals surface area contributed by atoms with Crippen LogP contribution in [0.3, 0.4) is 0 Å². The monoisotopic (exact) mass is 288 g/mol. The Morgan fingerprint density at radius 3 is 2.75 bits per heavy atom. The quantitative estimate of drug-likeness (QED) is 0.217. The zero-order chi connectivity index (χ0) is 14.9. The van der Waals surface area contributed by atoms with Crippen LogP contribution in [0.15, 0.2) is 0 Å². The summed E-state index contributed by atoms with van der Waals surface area (Å²) in [4.78, 5) is 14.3. The van der Waals surface area contributed by atoms with Crippen LogP contribution in [0.4, 0.5) is 0 Å². The van der Waals surface area contributed by atoms with E-state index >= 15 is 0 Å². The molecular weight excluding hydrogens is 270 g/mol. The first-order valence-corrected chi connectivity index (χ1v) is 6.34. The second kappa shape index (κ2) is 3.82. The second-order valence-corrected chi connectivity index (χ2v) is 5.93. The number of aliphatic hydroxyl groups excluding tert-OH is 3. The molecule has 112 valence electrons. The molecule has 20 heavy (non-hydrogen) atoms. The van der Waals surface area contributed by atoms with Crippen LogP contribution in [0.5, 0.6) is 0 Å². The second-order valence-electron chi connectivity index (χ2n) is 5.93. The van der Waals surface area contributed by atoms with Gasteiger partial charge in [-0.2, -0.15) is 0 Å². The number of nitrogens with one attached hydrogen (secondary N) is 2. The van der Waals surface area contributed by atoms with Gasteiger partial charge in [-0.05, 0) is 13.3 Å². The molecule has 2 fully saturated rings. The van der Waals surface area contributed by atoms with E-state index < -0.39 is 47.6 Å². The summed E-state index contributed by atoms with van der Waals surface area (Å²) in [6.45, 7) is 1.41. The number of carbonyl (C=O) groups is 1. The molecular formula is C11H18N3O6+. The lowest BCUT2D eigenvalue weighted by molar-refractivity contribution is -0.585. The fourth-order valence-corrected chi connectivity index (χ4v) is 3.62. The third kappa shape index (κ3) is 1.46. The lowest BCUT2D eigenvalue weighted by Gasteiger charge is -2.58. The van der Waals surface area contributed by atoms with E-state index in [0.717, 1.165) is 0 Å². The number of aliphatic hydroxyl groups is 4. The van der Waals surface area contributed by atoms with Crippen molar-refractivity contribution in [2.45, 2.75) is 49.0 Å². The normalized spacial score (nSPS) is 54.4. The first kappa shape index (κ1) is 13.6. The highest BCUT2D eigenvalue weighted by Gasteiger charge is 2.72. The molecule has 8 N–H and O–H groups in total. The number of hydrogen-bond donors (Lipinski definition) is 7. The number of hydrogen-bond acceptors (Lipinski definition) is 8. The van der Waals surface area contributed by atoms with Crippen molar-refractivity contribution in [1.82, 2.24) is 5.32 Å². The van der Waals surface area contributed by atoms with Crippen molar-refractivity contribution in [3.8, 4) is 0 Å². The van der Waals surface area contributed by atoms with E-state index in [1.54, 1.807) is 0 Å².